The quantitative estimate of drug-likeness (QED) is 0.886. The largest absolute Gasteiger partial charge is 0.314 e. The van der Waals surface area contributed by atoms with Crippen molar-refractivity contribution >= 4 is 0 Å². The molecular formula is C17H27FN2. The molecule has 0 aromatic heterocycles. The fourth-order valence-electron chi connectivity index (χ4n) is 2.86. The average Bonchev–Trinajstić information content (AvgIpc) is 2.44. The lowest BCUT2D eigenvalue weighted by Gasteiger charge is -2.35. The van der Waals surface area contributed by atoms with Crippen molar-refractivity contribution < 1.29 is 4.39 Å². The number of piperazine rings is 1. The van der Waals surface area contributed by atoms with Gasteiger partial charge in [0.1, 0.15) is 5.82 Å². The molecule has 2 rings (SSSR count). The van der Waals surface area contributed by atoms with Gasteiger partial charge in [-0.25, -0.2) is 4.39 Å². The van der Waals surface area contributed by atoms with E-state index in [4.69, 9.17) is 0 Å². The van der Waals surface area contributed by atoms with E-state index >= 15 is 0 Å². The van der Waals surface area contributed by atoms with Gasteiger partial charge in [0.15, 0.2) is 0 Å². The van der Waals surface area contributed by atoms with Gasteiger partial charge in [0, 0.05) is 32.2 Å². The van der Waals surface area contributed by atoms with E-state index in [-0.39, 0.29) is 5.82 Å². The van der Waals surface area contributed by atoms with E-state index in [0.717, 1.165) is 43.7 Å². The maximum atomic E-state index is 13.9. The summed E-state index contributed by atoms with van der Waals surface area (Å²) in [7, 11) is 0. The number of benzene rings is 1. The minimum absolute atomic E-state index is 0.0767. The highest BCUT2D eigenvalue weighted by Gasteiger charge is 2.22. The zero-order chi connectivity index (χ0) is 14.5. The molecule has 0 unspecified atom stereocenters. The summed E-state index contributed by atoms with van der Waals surface area (Å²) in [5.41, 5.74) is 1.87. The lowest BCUT2D eigenvalue weighted by molar-refractivity contribution is 0.159. The predicted octanol–water partition coefficient (Wildman–Crippen LogP) is 3.52. The standard InChI is InChI=1S/C17H27FN2/c1-13(2)4-7-17(20-10-8-19-9-11-20)15-6-5-14(3)16(18)12-15/h5-6,12-13,17,19H,4,7-11H2,1-3H3/t17-/m0/s1. The molecule has 0 spiro atoms. The van der Waals surface area contributed by atoms with Crippen LogP contribution in [-0.2, 0) is 0 Å². The Bertz CT molecular complexity index is 425. The van der Waals surface area contributed by atoms with Gasteiger partial charge in [0.2, 0.25) is 0 Å². The van der Waals surface area contributed by atoms with Crippen LogP contribution in [0.25, 0.3) is 0 Å². The third-order valence-corrected chi connectivity index (χ3v) is 4.19. The van der Waals surface area contributed by atoms with Gasteiger partial charge >= 0.3 is 0 Å². The maximum absolute atomic E-state index is 13.9. The Morgan fingerprint density at radius 2 is 1.90 bits per heavy atom. The number of hydrogen-bond donors (Lipinski definition) is 1. The zero-order valence-electron chi connectivity index (χ0n) is 13.0. The van der Waals surface area contributed by atoms with Crippen LogP contribution >= 0.6 is 0 Å². The number of rotatable bonds is 5. The molecule has 0 aliphatic carbocycles. The highest BCUT2D eigenvalue weighted by atomic mass is 19.1. The van der Waals surface area contributed by atoms with Crippen molar-refractivity contribution in [2.24, 2.45) is 5.92 Å². The molecule has 3 heteroatoms. The minimum Gasteiger partial charge on any atom is -0.314 e. The van der Waals surface area contributed by atoms with Crippen LogP contribution in [0.4, 0.5) is 4.39 Å². The van der Waals surface area contributed by atoms with Crippen LogP contribution in [0.2, 0.25) is 0 Å². The second kappa shape index (κ2) is 7.19. The number of aryl methyl sites for hydroxylation is 1. The van der Waals surface area contributed by atoms with Gasteiger partial charge in [0.05, 0.1) is 0 Å². The molecule has 20 heavy (non-hydrogen) atoms. The normalized spacial score (nSPS) is 18.4. The highest BCUT2D eigenvalue weighted by molar-refractivity contribution is 5.26. The molecule has 1 fully saturated rings. The third kappa shape index (κ3) is 4.03. The number of nitrogens with zero attached hydrogens (tertiary/aromatic N) is 1. The molecule has 1 aromatic rings. The summed E-state index contributed by atoms with van der Waals surface area (Å²) in [4.78, 5) is 2.50. The molecule has 1 aliphatic heterocycles. The summed E-state index contributed by atoms with van der Waals surface area (Å²) in [5, 5.41) is 3.39. The van der Waals surface area contributed by atoms with E-state index in [9.17, 15) is 4.39 Å². The third-order valence-electron chi connectivity index (χ3n) is 4.19. The summed E-state index contributed by atoms with van der Waals surface area (Å²) in [6, 6.07) is 6.11. The lowest BCUT2D eigenvalue weighted by atomic mass is 9.95. The molecule has 0 amide bonds. The van der Waals surface area contributed by atoms with Gasteiger partial charge in [-0.15, -0.1) is 0 Å². The summed E-state index contributed by atoms with van der Waals surface area (Å²) >= 11 is 0. The van der Waals surface area contributed by atoms with Gasteiger partial charge in [-0.1, -0.05) is 26.0 Å². The van der Waals surface area contributed by atoms with Crippen molar-refractivity contribution in [1.82, 2.24) is 10.2 Å². The molecule has 1 saturated heterocycles. The monoisotopic (exact) mass is 278 g/mol. The van der Waals surface area contributed by atoms with Gasteiger partial charge in [-0.2, -0.15) is 0 Å². The molecule has 0 radical (unpaired) electrons. The Labute approximate surface area is 122 Å². The second-order valence-corrected chi connectivity index (χ2v) is 6.28. The fraction of sp³-hybridized carbons (Fsp3) is 0.647. The smallest absolute Gasteiger partial charge is 0.126 e. The first-order chi connectivity index (χ1) is 9.58. The number of hydrogen-bond acceptors (Lipinski definition) is 2. The SMILES string of the molecule is Cc1ccc([C@H](CCC(C)C)N2CCNCC2)cc1F. The molecule has 1 atom stereocenters. The van der Waals surface area contributed by atoms with Crippen molar-refractivity contribution in [1.29, 1.82) is 0 Å². The first-order valence-electron chi connectivity index (χ1n) is 7.78. The summed E-state index contributed by atoms with van der Waals surface area (Å²) in [6.45, 7) is 10.5. The first kappa shape index (κ1) is 15.5. The first-order valence-corrected chi connectivity index (χ1v) is 7.78. The zero-order valence-corrected chi connectivity index (χ0v) is 13.0. The Morgan fingerprint density at radius 3 is 2.50 bits per heavy atom. The summed E-state index contributed by atoms with van der Waals surface area (Å²) in [5.74, 6) is 0.614. The van der Waals surface area contributed by atoms with E-state index in [1.807, 2.05) is 13.0 Å². The molecule has 0 saturated carbocycles. The summed E-state index contributed by atoms with van der Waals surface area (Å²) < 4.78 is 13.9. The van der Waals surface area contributed by atoms with E-state index in [2.05, 4.69) is 30.1 Å². The van der Waals surface area contributed by atoms with E-state index in [1.165, 1.54) is 6.42 Å². The van der Waals surface area contributed by atoms with Crippen molar-refractivity contribution in [3.63, 3.8) is 0 Å². The van der Waals surface area contributed by atoms with Crippen molar-refractivity contribution in [2.45, 2.75) is 39.7 Å². The van der Waals surface area contributed by atoms with E-state index in [1.54, 1.807) is 6.07 Å². The average molecular weight is 278 g/mol. The second-order valence-electron chi connectivity index (χ2n) is 6.28. The van der Waals surface area contributed by atoms with Crippen LogP contribution in [0.3, 0.4) is 0 Å². The predicted molar refractivity (Wildman–Crippen MR) is 82.4 cm³/mol. The van der Waals surface area contributed by atoms with Gasteiger partial charge < -0.3 is 5.32 Å². The van der Waals surface area contributed by atoms with Gasteiger partial charge in [-0.3, -0.25) is 4.90 Å². The van der Waals surface area contributed by atoms with Crippen LogP contribution in [0.15, 0.2) is 18.2 Å². The Balaban J connectivity index is 2.17. The molecule has 1 N–H and O–H groups in total. The Kier molecular flexibility index (Phi) is 5.55. The lowest BCUT2D eigenvalue weighted by Crippen LogP contribution is -2.45. The minimum atomic E-state index is -0.0767. The van der Waals surface area contributed by atoms with E-state index in [0.29, 0.717) is 12.0 Å². The molecule has 1 aliphatic rings. The fourth-order valence-corrected chi connectivity index (χ4v) is 2.86. The van der Waals surface area contributed by atoms with Crippen LogP contribution in [0.1, 0.15) is 43.9 Å². The molecule has 2 nitrogen and oxygen atoms in total. The molecule has 1 aromatic carbocycles. The molecule has 0 bridgehead atoms. The molecule has 1 heterocycles. The van der Waals surface area contributed by atoms with Crippen LogP contribution in [-0.4, -0.2) is 31.1 Å². The Hall–Kier alpha value is -0.930. The van der Waals surface area contributed by atoms with Crippen LogP contribution in [0, 0.1) is 18.7 Å². The molecule has 112 valence electrons. The van der Waals surface area contributed by atoms with E-state index < -0.39 is 0 Å². The van der Waals surface area contributed by atoms with Gasteiger partial charge in [-0.05, 0) is 42.9 Å². The van der Waals surface area contributed by atoms with Crippen molar-refractivity contribution in [3.05, 3.63) is 35.1 Å². The maximum Gasteiger partial charge on any atom is 0.126 e. The number of nitrogens with one attached hydrogen (secondary N) is 1. The van der Waals surface area contributed by atoms with Crippen molar-refractivity contribution in [3.8, 4) is 0 Å². The molecular weight excluding hydrogens is 251 g/mol. The van der Waals surface area contributed by atoms with Gasteiger partial charge in [0.25, 0.3) is 0 Å². The topological polar surface area (TPSA) is 15.3 Å². The van der Waals surface area contributed by atoms with Crippen LogP contribution < -0.4 is 5.32 Å². The van der Waals surface area contributed by atoms with Crippen LogP contribution in [0.5, 0.6) is 0 Å². The highest BCUT2D eigenvalue weighted by Crippen LogP contribution is 2.28. The summed E-state index contributed by atoms with van der Waals surface area (Å²) in [6.07, 6.45) is 2.30. The Morgan fingerprint density at radius 1 is 1.20 bits per heavy atom. The van der Waals surface area contributed by atoms with Crippen molar-refractivity contribution in [2.75, 3.05) is 26.2 Å². The number of halogens is 1.